The number of ether oxygens (including phenoxy) is 3. The van der Waals surface area contributed by atoms with E-state index in [1.807, 2.05) is 63.4 Å². The predicted octanol–water partition coefficient (Wildman–Crippen LogP) is 7.13. The highest BCUT2D eigenvalue weighted by molar-refractivity contribution is 7.98. The smallest absolute Gasteiger partial charge is 0.306 e. The first-order valence-electron chi connectivity index (χ1n) is 12.6. The Balaban J connectivity index is 1.67. The SMILES string of the molecule is CSc1nccc(COc2ccc(C(C)(C)c3cc(Cl)c(OCCCC(=O)OC(C)(C)C)c(C#N)c3)cc2)n1. The van der Waals surface area contributed by atoms with Gasteiger partial charge in [0.25, 0.3) is 0 Å². The average Bonchev–Trinajstić information content (AvgIpc) is 2.89. The molecule has 0 radical (unpaired) electrons. The molecule has 0 bridgehead atoms. The normalized spacial score (nSPS) is 11.5. The van der Waals surface area contributed by atoms with Gasteiger partial charge in [0.15, 0.2) is 10.9 Å². The summed E-state index contributed by atoms with van der Waals surface area (Å²) in [7, 11) is 0. The van der Waals surface area contributed by atoms with Crippen LogP contribution in [0.5, 0.6) is 11.5 Å². The summed E-state index contributed by atoms with van der Waals surface area (Å²) in [6.07, 6.45) is 4.33. The molecule has 7 nitrogen and oxygen atoms in total. The van der Waals surface area contributed by atoms with Crippen LogP contribution in [0.1, 0.15) is 69.8 Å². The molecule has 0 saturated heterocycles. The molecule has 1 heterocycles. The van der Waals surface area contributed by atoms with Crippen molar-refractivity contribution in [1.82, 2.24) is 9.97 Å². The second-order valence-electron chi connectivity index (χ2n) is 10.5. The van der Waals surface area contributed by atoms with Gasteiger partial charge in [-0.15, -0.1) is 0 Å². The molecule has 0 aliphatic rings. The first-order chi connectivity index (χ1) is 18.4. The summed E-state index contributed by atoms with van der Waals surface area (Å²) in [6.45, 7) is 10.2. The van der Waals surface area contributed by atoms with Crippen LogP contribution < -0.4 is 9.47 Å². The van der Waals surface area contributed by atoms with E-state index >= 15 is 0 Å². The fourth-order valence-corrected chi connectivity index (χ4v) is 4.46. The third-order valence-electron chi connectivity index (χ3n) is 5.91. The van der Waals surface area contributed by atoms with E-state index in [1.165, 1.54) is 11.8 Å². The zero-order chi connectivity index (χ0) is 28.6. The van der Waals surface area contributed by atoms with Gasteiger partial charge < -0.3 is 14.2 Å². The van der Waals surface area contributed by atoms with Crippen molar-refractivity contribution in [2.75, 3.05) is 12.9 Å². The molecule has 0 unspecified atom stereocenters. The van der Waals surface area contributed by atoms with E-state index in [0.717, 1.165) is 22.6 Å². The zero-order valence-corrected chi connectivity index (χ0v) is 24.8. The fourth-order valence-electron chi connectivity index (χ4n) is 3.81. The van der Waals surface area contributed by atoms with Crippen molar-refractivity contribution in [3.63, 3.8) is 0 Å². The Morgan fingerprint density at radius 1 is 1.05 bits per heavy atom. The maximum Gasteiger partial charge on any atom is 0.306 e. The Bertz CT molecular complexity index is 1330. The lowest BCUT2D eigenvalue weighted by molar-refractivity contribution is -0.155. The van der Waals surface area contributed by atoms with E-state index < -0.39 is 11.0 Å². The molecular formula is C30H34ClN3O4S. The number of rotatable bonds is 11. The van der Waals surface area contributed by atoms with E-state index in [1.54, 1.807) is 12.3 Å². The number of nitrogens with zero attached hydrogens (tertiary/aromatic N) is 3. The lowest BCUT2D eigenvalue weighted by Crippen LogP contribution is -2.24. The molecule has 0 N–H and O–H groups in total. The minimum Gasteiger partial charge on any atom is -0.491 e. The standard InChI is InChI=1S/C30H34ClN3O4S/c1-29(2,3)38-26(35)8-7-15-36-27-20(18-32)16-22(17-25(27)31)30(4,5)21-9-11-24(12-10-21)37-19-23-13-14-33-28(34-23)39-6/h9-14,16-17H,7-8,15,19H2,1-6H3. The molecule has 9 heteroatoms. The summed E-state index contributed by atoms with van der Waals surface area (Å²) in [6, 6.07) is 15.5. The van der Waals surface area contributed by atoms with E-state index in [2.05, 4.69) is 29.9 Å². The topological polar surface area (TPSA) is 94.3 Å². The average molecular weight is 568 g/mol. The first kappa shape index (κ1) is 30.3. The molecule has 3 rings (SSSR count). The van der Waals surface area contributed by atoms with Gasteiger partial charge in [-0.25, -0.2) is 9.97 Å². The summed E-state index contributed by atoms with van der Waals surface area (Å²) in [5, 5.41) is 10.9. The van der Waals surface area contributed by atoms with Gasteiger partial charge in [0.1, 0.15) is 24.0 Å². The van der Waals surface area contributed by atoms with Crippen molar-refractivity contribution < 1.29 is 19.0 Å². The molecule has 0 aliphatic carbocycles. The van der Waals surface area contributed by atoms with Crippen molar-refractivity contribution in [2.45, 2.75) is 70.2 Å². The van der Waals surface area contributed by atoms with Crippen molar-refractivity contribution in [1.29, 1.82) is 5.26 Å². The number of carbonyl (C=O) groups excluding carboxylic acids is 1. The number of nitriles is 1. The maximum atomic E-state index is 11.9. The van der Waals surface area contributed by atoms with Gasteiger partial charge >= 0.3 is 5.97 Å². The Morgan fingerprint density at radius 3 is 2.41 bits per heavy atom. The monoisotopic (exact) mass is 567 g/mol. The van der Waals surface area contributed by atoms with Crippen LogP contribution in [0.25, 0.3) is 0 Å². The molecular weight excluding hydrogens is 534 g/mol. The predicted molar refractivity (Wildman–Crippen MR) is 153 cm³/mol. The Morgan fingerprint density at radius 2 is 1.77 bits per heavy atom. The molecule has 0 amide bonds. The fraction of sp³-hybridized carbons (Fsp3) is 0.400. The number of halogens is 1. The first-order valence-corrected chi connectivity index (χ1v) is 14.2. The zero-order valence-electron chi connectivity index (χ0n) is 23.2. The summed E-state index contributed by atoms with van der Waals surface area (Å²) < 4.78 is 17.0. The Kier molecular flexibility index (Phi) is 10.2. The van der Waals surface area contributed by atoms with Crippen LogP contribution in [0.15, 0.2) is 53.8 Å². The molecule has 3 aromatic rings. The maximum absolute atomic E-state index is 11.9. The van der Waals surface area contributed by atoms with Gasteiger partial charge in [-0.1, -0.05) is 49.3 Å². The quantitative estimate of drug-likeness (QED) is 0.104. The molecule has 1 aromatic heterocycles. The summed E-state index contributed by atoms with van der Waals surface area (Å²) in [5.41, 5.74) is 2.10. The van der Waals surface area contributed by atoms with Crippen LogP contribution in [-0.4, -0.2) is 34.4 Å². The second-order valence-corrected chi connectivity index (χ2v) is 11.6. The number of benzene rings is 2. The van der Waals surface area contributed by atoms with Crippen LogP contribution in [0, 0.1) is 11.3 Å². The van der Waals surface area contributed by atoms with Gasteiger partial charge in [-0.3, -0.25) is 4.79 Å². The van der Waals surface area contributed by atoms with Crippen LogP contribution in [-0.2, 0) is 21.6 Å². The lowest BCUT2D eigenvalue weighted by Gasteiger charge is -2.27. The summed E-state index contributed by atoms with van der Waals surface area (Å²) in [5.74, 6) is 0.760. The highest BCUT2D eigenvalue weighted by atomic mass is 35.5. The number of aromatic nitrogens is 2. The minimum atomic E-state index is -0.527. The van der Waals surface area contributed by atoms with E-state index in [9.17, 15) is 10.1 Å². The van der Waals surface area contributed by atoms with E-state index in [-0.39, 0.29) is 19.0 Å². The Hall–Kier alpha value is -3.28. The van der Waals surface area contributed by atoms with Gasteiger partial charge in [-0.2, -0.15) is 5.26 Å². The Labute approximate surface area is 239 Å². The molecule has 206 valence electrons. The van der Waals surface area contributed by atoms with Crippen LogP contribution in [0.3, 0.4) is 0 Å². The number of thioether (sulfide) groups is 1. The van der Waals surface area contributed by atoms with Gasteiger partial charge in [-0.05, 0) is 74.9 Å². The molecule has 39 heavy (non-hydrogen) atoms. The summed E-state index contributed by atoms with van der Waals surface area (Å²) in [4.78, 5) is 20.5. The summed E-state index contributed by atoms with van der Waals surface area (Å²) >= 11 is 8.07. The van der Waals surface area contributed by atoms with Crippen molar-refractivity contribution in [2.24, 2.45) is 0 Å². The van der Waals surface area contributed by atoms with Crippen molar-refractivity contribution >= 4 is 29.3 Å². The largest absolute Gasteiger partial charge is 0.491 e. The number of carbonyl (C=O) groups is 1. The molecule has 0 fully saturated rings. The van der Waals surface area contributed by atoms with Crippen molar-refractivity contribution in [3.05, 3.63) is 76.1 Å². The van der Waals surface area contributed by atoms with Crippen LogP contribution in [0.4, 0.5) is 0 Å². The second kappa shape index (κ2) is 13.2. The number of hydrogen-bond donors (Lipinski definition) is 0. The van der Waals surface area contributed by atoms with Crippen LogP contribution in [0.2, 0.25) is 5.02 Å². The highest BCUT2D eigenvalue weighted by Crippen LogP contribution is 2.38. The van der Waals surface area contributed by atoms with Gasteiger partial charge in [0.05, 0.1) is 22.9 Å². The number of esters is 1. The molecule has 2 aromatic carbocycles. The third-order valence-corrected chi connectivity index (χ3v) is 6.76. The third kappa shape index (κ3) is 8.61. The van der Waals surface area contributed by atoms with Crippen LogP contribution >= 0.6 is 23.4 Å². The lowest BCUT2D eigenvalue weighted by atomic mass is 9.77. The molecule has 0 saturated carbocycles. The molecule has 0 spiro atoms. The van der Waals surface area contributed by atoms with Gasteiger partial charge in [0, 0.05) is 18.0 Å². The minimum absolute atomic E-state index is 0.222. The highest BCUT2D eigenvalue weighted by Gasteiger charge is 2.26. The molecule has 0 atom stereocenters. The van der Waals surface area contributed by atoms with Crippen molar-refractivity contribution in [3.8, 4) is 17.6 Å². The molecule has 0 aliphatic heterocycles. The van der Waals surface area contributed by atoms with E-state index in [4.69, 9.17) is 25.8 Å². The van der Waals surface area contributed by atoms with Gasteiger partial charge in [0.2, 0.25) is 0 Å². The van der Waals surface area contributed by atoms with E-state index in [0.29, 0.717) is 34.5 Å². The number of hydrogen-bond acceptors (Lipinski definition) is 8.